The second-order valence-corrected chi connectivity index (χ2v) is 1.74. The van der Waals surface area contributed by atoms with Crippen LogP contribution in [0.3, 0.4) is 0 Å². The minimum Gasteiger partial charge on any atom is -0.244 e. The summed E-state index contributed by atoms with van der Waals surface area (Å²) in [5.41, 5.74) is -0.419. The molecule has 0 saturated carbocycles. The third-order valence-electron chi connectivity index (χ3n) is 0.912. The highest BCUT2D eigenvalue weighted by atomic mass is 19.4. The molecule has 0 amide bonds. The third kappa shape index (κ3) is 1.69. The summed E-state index contributed by atoms with van der Waals surface area (Å²) in [6, 6.07) is 0. The molecule has 0 aromatic carbocycles. The highest BCUT2D eigenvalue weighted by Gasteiger charge is 2.39. The van der Waals surface area contributed by atoms with Crippen molar-refractivity contribution in [1.82, 2.24) is 5.32 Å². The molecule has 0 atom stereocenters. The molecule has 1 rings (SSSR count). The normalized spacial score (nSPS) is 17.5. The molecule has 0 unspecified atom stereocenters. The van der Waals surface area contributed by atoms with Crippen LogP contribution >= 0.6 is 0 Å². The van der Waals surface area contributed by atoms with E-state index in [1.807, 2.05) is 0 Å². The van der Waals surface area contributed by atoms with Gasteiger partial charge in [0.2, 0.25) is 5.84 Å². The lowest BCUT2D eigenvalue weighted by atomic mass is 10.5. The summed E-state index contributed by atoms with van der Waals surface area (Å²) in [6.07, 6.45) is -2.80. The van der Waals surface area contributed by atoms with Gasteiger partial charge in [-0.15, -0.1) is 0 Å². The first kappa shape index (κ1) is 8.03. The molecule has 0 aromatic rings. The van der Waals surface area contributed by atoms with Crippen molar-refractivity contribution in [1.29, 1.82) is 0 Å². The van der Waals surface area contributed by atoms with Crippen molar-refractivity contribution in [2.75, 3.05) is 6.67 Å². The second-order valence-electron chi connectivity index (χ2n) is 1.74. The maximum atomic E-state index is 11.7. The van der Waals surface area contributed by atoms with E-state index in [0.717, 1.165) is 0 Å². The Kier molecular flexibility index (Phi) is 1.84. The van der Waals surface area contributed by atoms with E-state index >= 15 is 0 Å². The Hall–Kier alpha value is -1.07. The minimum atomic E-state index is -4.61. The molecule has 0 bridgehead atoms. The molecular weight excluding hydrogens is 164 g/mol. The number of hydrogen-bond acceptors (Lipinski definition) is 1. The lowest BCUT2D eigenvalue weighted by molar-refractivity contribution is -0.0611. The fourth-order valence-electron chi connectivity index (χ4n) is 0.482. The summed E-state index contributed by atoms with van der Waals surface area (Å²) < 4.78 is 46.6. The van der Waals surface area contributed by atoms with E-state index < -0.39 is 24.4 Å². The van der Waals surface area contributed by atoms with E-state index in [0.29, 0.717) is 0 Å². The monoisotopic (exact) mass is 166 g/mol. The van der Waals surface area contributed by atoms with Crippen LogP contribution in [0.5, 0.6) is 0 Å². The van der Waals surface area contributed by atoms with Gasteiger partial charge in [-0.25, -0.2) is 14.7 Å². The Morgan fingerprint density at radius 1 is 1.36 bits per heavy atom. The van der Waals surface area contributed by atoms with Gasteiger partial charge in [0.25, 0.3) is 0 Å². The minimum absolute atomic E-state index is 0.419. The number of nitrogens with zero attached hydrogens (tertiary/aromatic N) is 2. The van der Waals surface area contributed by atoms with Gasteiger partial charge in [-0.3, -0.25) is 0 Å². The first-order valence-corrected chi connectivity index (χ1v) is 2.58. The van der Waals surface area contributed by atoms with Crippen molar-refractivity contribution in [3.8, 4) is 0 Å². The van der Waals surface area contributed by atoms with E-state index in [-0.39, 0.29) is 0 Å². The SMILES string of the molecule is FCC1=[C][N]C(C(F)(F)F)=N1. The zero-order valence-corrected chi connectivity index (χ0v) is 5.11. The largest absolute Gasteiger partial charge is 0.451 e. The molecule has 0 fully saturated rings. The summed E-state index contributed by atoms with van der Waals surface area (Å²) in [7, 11) is 0. The van der Waals surface area contributed by atoms with E-state index in [1.54, 1.807) is 6.20 Å². The smallest absolute Gasteiger partial charge is 0.244 e. The third-order valence-corrected chi connectivity index (χ3v) is 0.912. The van der Waals surface area contributed by atoms with Crippen LogP contribution in [0, 0.1) is 6.20 Å². The van der Waals surface area contributed by atoms with Gasteiger partial charge in [0.1, 0.15) is 18.6 Å². The molecule has 0 aromatic heterocycles. The number of hydrogen-bond donors (Lipinski definition) is 0. The molecule has 1 aliphatic rings. The summed E-state index contributed by atoms with van der Waals surface area (Å²) in [5, 5.41) is 2.76. The molecule has 11 heavy (non-hydrogen) atoms. The molecule has 0 N–H and O–H groups in total. The van der Waals surface area contributed by atoms with Gasteiger partial charge in [0, 0.05) is 0 Å². The lowest BCUT2D eigenvalue weighted by Gasteiger charge is -2.01. The maximum absolute atomic E-state index is 11.7. The average Bonchev–Trinajstić information content (AvgIpc) is 2.32. The molecule has 2 nitrogen and oxygen atoms in total. The fraction of sp³-hybridized carbons (Fsp3) is 0.400. The summed E-state index contributed by atoms with van der Waals surface area (Å²) in [6.45, 7) is -1.08. The molecule has 2 radical (unpaired) electrons. The van der Waals surface area contributed by atoms with Gasteiger partial charge >= 0.3 is 6.18 Å². The van der Waals surface area contributed by atoms with Gasteiger partial charge < -0.3 is 0 Å². The fourth-order valence-corrected chi connectivity index (χ4v) is 0.482. The summed E-state index contributed by atoms with van der Waals surface area (Å²) in [4.78, 5) is 2.83. The molecule has 0 saturated heterocycles. The highest BCUT2D eigenvalue weighted by molar-refractivity contribution is 5.90. The molecule has 1 aliphatic heterocycles. The zero-order valence-electron chi connectivity index (χ0n) is 5.11. The van der Waals surface area contributed by atoms with Crippen LogP contribution < -0.4 is 5.32 Å². The van der Waals surface area contributed by atoms with Crippen LogP contribution in [0.1, 0.15) is 0 Å². The van der Waals surface area contributed by atoms with Gasteiger partial charge in [0.15, 0.2) is 0 Å². The van der Waals surface area contributed by atoms with Crippen LogP contribution in [0.2, 0.25) is 0 Å². The van der Waals surface area contributed by atoms with Crippen LogP contribution in [0.15, 0.2) is 10.7 Å². The average molecular weight is 166 g/mol. The van der Waals surface area contributed by atoms with Crippen molar-refractivity contribution in [3.05, 3.63) is 11.9 Å². The Labute approximate surface area is 59.6 Å². The second kappa shape index (κ2) is 2.52. The first-order valence-electron chi connectivity index (χ1n) is 2.58. The van der Waals surface area contributed by atoms with Crippen LogP contribution in [-0.2, 0) is 0 Å². The van der Waals surface area contributed by atoms with E-state index in [1.165, 1.54) is 0 Å². The van der Waals surface area contributed by atoms with Crippen molar-refractivity contribution >= 4 is 5.84 Å². The molecule has 1 heterocycles. The van der Waals surface area contributed by atoms with Crippen LogP contribution in [-0.4, -0.2) is 18.7 Å². The Bertz CT molecular complexity index is 215. The Balaban J connectivity index is 2.69. The van der Waals surface area contributed by atoms with Crippen molar-refractivity contribution < 1.29 is 17.6 Å². The standard InChI is InChI=1S/C5H2F4N2/c6-1-3-2-10-4(11-3)5(7,8)9/h1H2. The summed E-state index contributed by atoms with van der Waals surface area (Å²) in [5.74, 6) is -1.34. The van der Waals surface area contributed by atoms with Gasteiger partial charge in [-0.05, 0) is 0 Å². The predicted octanol–water partition coefficient (Wildman–Crippen LogP) is 1.18. The number of rotatable bonds is 1. The topological polar surface area (TPSA) is 26.5 Å². The van der Waals surface area contributed by atoms with Crippen molar-refractivity contribution in [3.63, 3.8) is 0 Å². The maximum Gasteiger partial charge on any atom is 0.451 e. The van der Waals surface area contributed by atoms with Crippen molar-refractivity contribution in [2.24, 2.45) is 4.99 Å². The number of alkyl halides is 4. The quantitative estimate of drug-likeness (QED) is 0.523. The lowest BCUT2D eigenvalue weighted by Crippen LogP contribution is -2.27. The number of amidine groups is 1. The van der Waals surface area contributed by atoms with Gasteiger partial charge in [-0.1, -0.05) is 0 Å². The molecule has 0 spiro atoms. The molecular formula is C5H2F4N2. The van der Waals surface area contributed by atoms with E-state index in [2.05, 4.69) is 10.3 Å². The van der Waals surface area contributed by atoms with Crippen LogP contribution in [0.25, 0.3) is 0 Å². The predicted molar refractivity (Wildman–Crippen MR) is 28.4 cm³/mol. The van der Waals surface area contributed by atoms with Crippen LogP contribution in [0.4, 0.5) is 17.6 Å². The van der Waals surface area contributed by atoms with E-state index in [4.69, 9.17) is 0 Å². The van der Waals surface area contributed by atoms with Gasteiger partial charge in [0.05, 0.1) is 0 Å². The van der Waals surface area contributed by atoms with Gasteiger partial charge in [-0.2, -0.15) is 13.2 Å². The Morgan fingerprint density at radius 2 is 2.00 bits per heavy atom. The molecule has 6 heteroatoms. The highest BCUT2D eigenvalue weighted by Crippen LogP contribution is 2.20. The number of aliphatic imine (C=N–C) groups is 1. The summed E-state index contributed by atoms with van der Waals surface area (Å²) >= 11 is 0. The Morgan fingerprint density at radius 3 is 2.27 bits per heavy atom. The van der Waals surface area contributed by atoms with Crippen molar-refractivity contribution in [2.45, 2.75) is 6.18 Å². The molecule has 60 valence electrons. The zero-order chi connectivity index (χ0) is 8.48. The number of allylic oxidation sites excluding steroid dienone is 1. The first-order chi connectivity index (χ1) is 5.04. The van der Waals surface area contributed by atoms with E-state index in [9.17, 15) is 17.6 Å². The molecule has 0 aliphatic carbocycles. The number of halogens is 4.